The molecule has 0 radical (unpaired) electrons. The summed E-state index contributed by atoms with van der Waals surface area (Å²) in [5.41, 5.74) is 0. The number of aliphatic hydroxyl groups excluding tert-OH is 1. The number of rotatable bonds is 29. The molecule has 1 saturated carbocycles. The van der Waals surface area contributed by atoms with Gasteiger partial charge in [-0.15, -0.1) is 0 Å². The van der Waals surface area contributed by atoms with Crippen molar-refractivity contribution >= 4 is 0 Å². The lowest BCUT2D eigenvalue weighted by Gasteiger charge is -2.12. The molecule has 216 valence electrons. The van der Waals surface area contributed by atoms with Gasteiger partial charge >= 0.3 is 0 Å². The minimum Gasteiger partial charge on any atom is -0.396 e. The van der Waals surface area contributed by atoms with Crippen molar-refractivity contribution in [2.24, 2.45) is 11.8 Å². The van der Waals surface area contributed by atoms with Crippen LogP contribution in [0.15, 0.2) is 0 Å². The van der Waals surface area contributed by atoms with Gasteiger partial charge in [-0.2, -0.15) is 0 Å². The van der Waals surface area contributed by atoms with E-state index in [1.54, 1.807) is 7.11 Å². The summed E-state index contributed by atoms with van der Waals surface area (Å²) in [6, 6.07) is 0. The van der Waals surface area contributed by atoms with E-state index in [9.17, 15) is 0 Å². The number of unbranched alkanes of at least 4 members (excludes halogenated alkanes) is 18. The molecule has 2 atom stereocenters. The monoisotopic (exact) mass is 512 g/mol. The molecule has 0 amide bonds. The van der Waals surface area contributed by atoms with Crippen molar-refractivity contribution in [3.8, 4) is 0 Å². The third-order valence-corrected chi connectivity index (χ3v) is 7.94. The molecule has 0 saturated heterocycles. The molecule has 0 aromatic heterocycles. The highest BCUT2D eigenvalue weighted by molar-refractivity contribution is 4.75. The highest BCUT2D eigenvalue weighted by Crippen LogP contribution is 2.31. The van der Waals surface area contributed by atoms with Crippen molar-refractivity contribution in [3.63, 3.8) is 0 Å². The Morgan fingerprint density at radius 3 is 1.17 bits per heavy atom. The van der Waals surface area contributed by atoms with Gasteiger partial charge in [-0.3, -0.25) is 0 Å². The van der Waals surface area contributed by atoms with E-state index in [4.69, 9.17) is 19.3 Å². The van der Waals surface area contributed by atoms with Crippen molar-refractivity contribution in [2.45, 2.75) is 148 Å². The van der Waals surface area contributed by atoms with Crippen molar-refractivity contribution in [2.75, 3.05) is 46.8 Å². The van der Waals surface area contributed by atoms with E-state index >= 15 is 0 Å². The van der Waals surface area contributed by atoms with Gasteiger partial charge in [-0.25, -0.2) is 0 Å². The van der Waals surface area contributed by atoms with E-state index in [2.05, 4.69) is 0 Å². The van der Waals surface area contributed by atoms with Crippen LogP contribution < -0.4 is 0 Å². The van der Waals surface area contributed by atoms with Crippen LogP contribution in [0.1, 0.15) is 148 Å². The molecule has 0 aromatic rings. The van der Waals surface area contributed by atoms with Crippen molar-refractivity contribution < 1.29 is 19.3 Å². The van der Waals surface area contributed by atoms with E-state index in [1.807, 2.05) is 0 Å². The molecule has 0 unspecified atom stereocenters. The fraction of sp³-hybridized carbons (Fsp3) is 1.00. The van der Waals surface area contributed by atoms with Crippen LogP contribution >= 0.6 is 0 Å². The summed E-state index contributed by atoms with van der Waals surface area (Å²) in [4.78, 5) is 0. The van der Waals surface area contributed by atoms with Gasteiger partial charge in [-0.05, 0) is 56.8 Å². The SMILES string of the molecule is COCCCCCCCCCCCCOC[C@H]1CC[C@@H](COCCCCCCCCCCCCO)C1. The molecule has 1 N–H and O–H groups in total. The maximum Gasteiger partial charge on any atom is 0.0494 e. The first-order valence-corrected chi connectivity index (χ1v) is 16.1. The van der Waals surface area contributed by atoms with Crippen LogP contribution in [0.25, 0.3) is 0 Å². The number of aliphatic hydroxyl groups is 1. The molecule has 4 heteroatoms. The fourth-order valence-electron chi connectivity index (χ4n) is 5.58. The van der Waals surface area contributed by atoms with E-state index < -0.39 is 0 Å². The lowest BCUT2D eigenvalue weighted by molar-refractivity contribution is 0.0820. The molecule has 0 aromatic carbocycles. The first-order chi connectivity index (χ1) is 17.9. The van der Waals surface area contributed by atoms with Gasteiger partial charge in [0.25, 0.3) is 0 Å². The first-order valence-electron chi connectivity index (χ1n) is 16.1. The second-order valence-electron chi connectivity index (χ2n) is 11.5. The van der Waals surface area contributed by atoms with Crippen molar-refractivity contribution in [1.29, 1.82) is 0 Å². The van der Waals surface area contributed by atoms with Gasteiger partial charge in [-0.1, -0.05) is 103 Å². The third kappa shape index (κ3) is 23.0. The second kappa shape index (κ2) is 27.9. The molecule has 0 aliphatic heterocycles. The topological polar surface area (TPSA) is 47.9 Å². The quantitative estimate of drug-likeness (QED) is 0.102. The predicted molar refractivity (Wildman–Crippen MR) is 154 cm³/mol. The van der Waals surface area contributed by atoms with Crippen LogP contribution in [0.2, 0.25) is 0 Å². The zero-order chi connectivity index (χ0) is 25.8. The molecule has 1 fully saturated rings. The Labute approximate surface area is 225 Å². The number of hydrogen-bond donors (Lipinski definition) is 1. The maximum absolute atomic E-state index is 8.78. The normalized spacial score (nSPS) is 17.8. The van der Waals surface area contributed by atoms with Crippen LogP contribution in [-0.4, -0.2) is 51.9 Å². The van der Waals surface area contributed by atoms with E-state index in [0.29, 0.717) is 6.61 Å². The molecule has 4 nitrogen and oxygen atoms in total. The molecule has 1 aliphatic carbocycles. The standard InChI is InChI=1S/C32H64O4/c1-34-25-19-15-11-7-4-5-9-13-17-21-27-36-30-32-23-22-31(28-32)29-35-26-20-16-12-8-3-2-6-10-14-18-24-33/h31-33H,2-30H2,1H3/t31-,32+/m1/s1. The molecule has 1 aliphatic rings. The molecule has 0 spiro atoms. The van der Waals surface area contributed by atoms with Crippen LogP contribution in [0, 0.1) is 11.8 Å². The number of hydrogen-bond acceptors (Lipinski definition) is 4. The predicted octanol–water partition coefficient (Wildman–Crippen LogP) is 8.88. The fourth-order valence-corrected chi connectivity index (χ4v) is 5.58. The first kappa shape index (κ1) is 33.9. The van der Waals surface area contributed by atoms with E-state index in [-0.39, 0.29) is 0 Å². The van der Waals surface area contributed by atoms with Gasteiger partial charge < -0.3 is 19.3 Å². The van der Waals surface area contributed by atoms with Gasteiger partial charge in [0.05, 0.1) is 0 Å². The molecule has 36 heavy (non-hydrogen) atoms. The highest BCUT2D eigenvalue weighted by Gasteiger charge is 2.24. The van der Waals surface area contributed by atoms with Gasteiger partial charge in [0.1, 0.15) is 0 Å². The summed E-state index contributed by atoms with van der Waals surface area (Å²) in [6.07, 6.45) is 30.3. The number of methoxy groups -OCH3 is 1. The van der Waals surface area contributed by atoms with Gasteiger partial charge in [0.2, 0.25) is 0 Å². The Kier molecular flexibility index (Phi) is 26.2. The zero-order valence-corrected chi connectivity index (χ0v) is 24.3. The Morgan fingerprint density at radius 2 is 0.806 bits per heavy atom. The molecular formula is C32H64O4. The van der Waals surface area contributed by atoms with Crippen molar-refractivity contribution in [1.82, 2.24) is 0 Å². The lowest BCUT2D eigenvalue weighted by atomic mass is 10.1. The van der Waals surface area contributed by atoms with Crippen LogP contribution in [0.3, 0.4) is 0 Å². The molecule has 0 bridgehead atoms. The highest BCUT2D eigenvalue weighted by atomic mass is 16.5. The third-order valence-electron chi connectivity index (χ3n) is 7.94. The van der Waals surface area contributed by atoms with Gasteiger partial charge in [0, 0.05) is 46.8 Å². The minimum atomic E-state index is 0.357. The maximum atomic E-state index is 8.78. The molecular weight excluding hydrogens is 448 g/mol. The summed E-state index contributed by atoms with van der Waals surface area (Å²) < 4.78 is 17.1. The van der Waals surface area contributed by atoms with Crippen molar-refractivity contribution in [3.05, 3.63) is 0 Å². The number of ether oxygens (including phenoxy) is 3. The zero-order valence-electron chi connectivity index (χ0n) is 24.3. The van der Waals surface area contributed by atoms with Crippen LogP contribution in [-0.2, 0) is 14.2 Å². The average molecular weight is 513 g/mol. The minimum absolute atomic E-state index is 0.357. The van der Waals surface area contributed by atoms with Gasteiger partial charge in [0.15, 0.2) is 0 Å². The second-order valence-corrected chi connectivity index (χ2v) is 11.5. The average Bonchev–Trinajstić information content (AvgIpc) is 3.34. The smallest absolute Gasteiger partial charge is 0.0494 e. The largest absolute Gasteiger partial charge is 0.396 e. The van der Waals surface area contributed by atoms with E-state index in [0.717, 1.165) is 51.3 Å². The summed E-state index contributed by atoms with van der Waals surface area (Å²) >= 11 is 0. The molecule has 1 rings (SSSR count). The Morgan fingerprint density at radius 1 is 0.472 bits per heavy atom. The summed E-state index contributed by atoms with van der Waals surface area (Å²) in [6.45, 7) is 5.13. The Bertz CT molecular complexity index is 417. The summed E-state index contributed by atoms with van der Waals surface area (Å²) in [5, 5.41) is 8.78. The molecule has 0 heterocycles. The van der Waals surface area contributed by atoms with E-state index in [1.165, 1.54) is 141 Å². The van der Waals surface area contributed by atoms with Crippen LogP contribution in [0.5, 0.6) is 0 Å². The summed E-state index contributed by atoms with van der Waals surface area (Å²) in [7, 11) is 1.79. The Hall–Kier alpha value is -0.160. The summed E-state index contributed by atoms with van der Waals surface area (Å²) in [5.74, 6) is 1.54. The lowest BCUT2D eigenvalue weighted by Crippen LogP contribution is -2.10. The Balaban J connectivity index is 1.75. The van der Waals surface area contributed by atoms with Crippen LogP contribution in [0.4, 0.5) is 0 Å².